The maximum atomic E-state index is 12.8. The summed E-state index contributed by atoms with van der Waals surface area (Å²) in [6.45, 7) is 4.51. The number of piperidine rings is 2. The van der Waals surface area contributed by atoms with Crippen LogP contribution in [0.4, 0.5) is 0 Å². The summed E-state index contributed by atoms with van der Waals surface area (Å²) in [6, 6.07) is 5.75. The standard InChI is InChI=1S/C20H27N3O2S/c24-18(13-22-8-2-1-3-9-22)15-6-10-23(11-7-15)20(25)16-4-5-17-19(12-16)26-14-21-17/h4-5,12,14-15,18,24H,1-3,6-11,13H2. The number of carbonyl (C=O) groups excluding carboxylic acids is 1. The first kappa shape index (κ1) is 17.9. The minimum atomic E-state index is -0.265. The first-order chi connectivity index (χ1) is 12.7. The van der Waals surface area contributed by atoms with Gasteiger partial charge in [0.05, 0.1) is 21.8 Å². The smallest absolute Gasteiger partial charge is 0.253 e. The van der Waals surface area contributed by atoms with Gasteiger partial charge in [0, 0.05) is 25.2 Å². The summed E-state index contributed by atoms with van der Waals surface area (Å²) in [5.41, 5.74) is 3.51. The molecule has 1 amide bonds. The Hall–Kier alpha value is -1.50. The second-order valence-electron chi connectivity index (χ2n) is 7.59. The van der Waals surface area contributed by atoms with Gasteiger partial charge < -0.3 is 14.9 Å². The van der Waals surface area contributed by atoms with Gasteiger partial charge in [-0.3, -0.25) is 4.79 Å². The van der Waals surface area contributed by atoms with E-state index in [-0.39, 0.29) is 12.0 Å². The lowest BCUT2D eigenvalue weighted by Gasteiger charge is -2.36. The number of aliphatic hydroxyl groups excluding tert-OH is 1. The van der Waals surface area contributed by atoms with Crippen molar-refractivity contribution in [3.8, 4) is 0 Å². The molecule has 26 heavy (non-hydrogen) atoms. The molecule has 4 rings (SSSR count). The van der Waals surface area contributed by atoms with Crippen LogP contribution >= 0.6 is 11.3 Å². The van der Waals surface area contributed by atoms with Crippen LogP contribution in [0, 0.1) is 5.92 Å². The second-order valence-corrected chi connectivity index (χ2v) is 8.48. The van der Waals surface area contributed by atoms with Crippen molar-refractivity contribution in [1.82, 2.24) is 14.8 Å². The van der Waals surface area contributed by atoms with Crippen LogP contribution in [0.3, 0.4) is 0 Å². The van der Waals surface area contributed by atoms with Gasteiger partial charge in [-0.1, -0.05) is 6.42 Å². The lowest BCUT2D eigenvalue weighted by Crippen LogP contribution is -2.45. The van der Waals surface area contributed by atoms with Gasteiger partial charge in [0.2, 0.25) is 0 Å². The maximum absolute atomic E-state index is 12.8. The predicted octanol–water partition coefficient (Wildman–Crippen LogP) is 3.00. The summed E-state index contributed by atoms with van der Waals surface area (Å²) in [6.07, 6.45) is 5.35. The first-order valence-corrected chi connectivity index (χ1v) is 10.6. The molecule has 140 valence electrons. The van der Waals surface area contributed by atoms with Crippen LogP contribution < -0.4 is 0 Å². The van der Waals surface area contributed by atoms with E-state index in [1.807, 2.05) is 28.6 Å². The molecule has 1 atom stereocenters. The molecule has 1 aromatic carbocycles. The molecule has 1 unspecified atom stereocenters. The molecule has 2 saturated heterocycles. The van der Waals surface area contributed by atoms with Crippen LogP contribution in [0.2, 0.25) is 0 Å². The normalized spacial score (nSPS) is 21.2. The van der Waals surface area contributed by atoms with Crippen LogP contribution in [0.15, 0.2) is 23.7 Å². The van der Waals surface area contributed by atoms with E-state index in [1.165, 1.54) is 19.3 Å². The molecular formula is C20H27N3O2S. The zero-order valence-corrected chi connectivity index (χ0v) is 16.0. The van der Waals surface area contributed by atoms with E-state index in [9.17, 15) is 9.90 Å². The minimum Gasteiger partial charge on any atom is -0.392 e. The second kappa shape index (κ2) is 8.03. The van der Waals surface area contributed by atoms with Crippen molar-refractivity contribution in [3.05, 3.63) is 29.3 Å². The SMILES string of the molecule is O=C(c1ccc2ncsc2c1)N1CCC(C(O)CN2CCCCC2)CC1. The van der Waals surface area contributed by atoms with E-state index in [4.69, 9.17) is 0 Å². The van der Waals surface area contributed by atoms with Crippen molar-refractivity contribution in [2.45, 2.75) is 38.2 Å². The van der Waals surface area contributed by atoms with Crippen molar-refractivity contribution < 1.29 is 9.90 Å². The Balaban J connectivity index is 1.31. The average molecular weight is 374 g/mol. The number of hydrogen-bond acceptors (Lipinski definition) is 5. The molecule has 2 aliphatic heterocycles. The van der Waals surface area contributed by atoms with Crippen molar-refractivity contribution in [2.24, 2.45) is 5.92 Å². The molecule has 0 saturated carbocycles. The van der Waals surface area contributed by atoms with Gasteiger partial charge in [0.15, 0.2) is 0 Å². The van der Waals surface area contributed by atoms with Gasteiger partial charge in [0.25, 0.3) is 5.91 Å². The molecule has 0 bridgehead atoms. The lowest BCUT2D eigenvalue weighted by molar-refractivity contribution is 0.0252. The zero-order chi connectivity index (χ0) is 17.9. The Morgan fingerprint density at radius 3 is 2.73 bits per heavy atom. The Morgan fingerprint density at radius 1 is 1.19 bits per heavy atom. The number of carbonyl (C=O) groups is 1. The number of hydrogen-bond donors (Lipinski definition) is 1. The van der Waals surface area contributed by atoms with E-state index in [1.54, 1.807) is 11.3 Å². The quantitative estimate of drug-likeness (QED) is 0.895. The largest absolute Gasteiger partial charge is 0.392 e. The van der Waals surface area contributed by atoms with Crippen molar-refractivity contribution >= 4 is 27.5 Å². The number of nitrogens with zero attached hydrogens (tertiary/aromatic N) is 3. The van der Waals surface area contributed by atoms with E-state index in [0.717, 1.165) is 61.3 Å². The zero-order valence-electron chi connectivity index (χ0n) is 15.1. The number of likely N-dealkylation sites (tertiary alicyclic amines) is 2. The first-order valence-electron chi connectivity index (χ1n) is 9.73. The molecule has 1 N–H and O–H groups in total. The number of rotatable bonds is 4. The Bertz CT molecular complexity index is 748. The summed E-state index contributed by atoms with van der Waals surface area (Å²) in [4.78, 5) is 21.4. The average Bonchev–Trinajstić information content (AvgIpc) is 3.16. The van der Waals surface area contributed by atoms with Crippen molar-refractivity contribution in [3.63, 3.8) is 0 Å². The summed E-state index contributed by atoms with van der Waals surface area (Å²) < 4.78 is 1.06. The fourth-order valence-corrected chi connectivity index (χ4v) is 4.93. The number of β-amino-alcohol motifs (C(OH)–C–C–N with tert-alkyl or cyclic N) is 1. The highest BCUT2D eigenvalue weighted by Gasteiger charge is 2.29. The van der Waals surface area contributed by atoms with E-state index < -0.39 is 0 Å². The number of benzene rings is 1. The fraction of sp³-hybridized carbons (Fsp3) is 0.600. The van der Waals surface area contributed by atoms with Crippen LogP contribution in [0.25, 0.3) is 10.2 Å². The number of amides is 1. The fourth-order valence-electron chi connectivity index (χ4n) is 4.21. The van der Waals surface area contributed by atoms with Gasteiger partial charge >= 0.3 is 0 Å². The van der Waals surface area contributed by atoms with E-state index >= 15 is 0 Å². The highest BCUT2D eigenvalue weighted by atomic mass is 32.1. The van der Waals surface area contributed by atoms with Crippen LogP contribution in [-0.4, -0.2) is 64.6 Å². The molecule has 0 spiro atoms. The predicted molar refractivity (Wildman–Crippen MR) is 105 cm³/mol. The number of fused-ring (bicyclic) bond motifs is 1. The third-order valence-corrected chi connectivity index (χ3v) is 6.63. The molecular weight excluding hydrogens is 346 g/mol. The molecule has 2 aliphatic rings. The molecule has 5 nitrogen and oxygen atoms in total. The van der Waals surface area contributed by atoms with E-state index in [2.05, 4.69) is 9.88 Å². The molecule has 2 aromatic rings. The van der Waals surface area contributed by atoms with Gasteiger partial charge in [0.1, 0.15) is 0 Å². The summed E-state index contributed by atoms with van der Waals surface area (Å²) >= 11 is 1.57. The van der Waals surface area contributed by atoms with E-state index in [0.29, 0.717) is 5.92 Å². The van der Waals surface area contributed by atoms with Crippen molar-refractivity contribution in [1.29, 1.82) is 0 Å². The lowest BCUT2D eigenvalue weighted by atomic mass is 9.90. The topological polar surface area (TPSA) is 56.7 Å². The highest BCUT2D eigenvalue weighted by Crippen LogP contribution is 2.25. The number of aliphatic hydroxyl groups is 1. The van der Waals surface area contributed by atoms with Gasteiger partial charge in [-0.05, 0) is 62.9 Å². The molecule has 0 aliphatic carbocycles. The van der Waals surface area contributed by atoms with Crippen molar-refractivity contribution in [2.75, 3.05) is 32.7 Å². The summed E-state index contributed by atoms with van der Waals surface area (Å²) in [5.74, 6) is 0.411. The van der Waals surface area contributed by atoms with Crippen LogP contribution in [-0.2, 0) is 0 Å². The van der Waals surface area contributed by atoms with Gasteiger partial charge in [-0.2, -0.15) is 0 Å². The third kappa shape index (κ3) is 3.92. The Morgan fingerprint density at radius 2 is 1.96 bits per heavy atom. The monoisotopic (exact) mass is 373 g/mol. The third-order valence-electron chi connectivity index (χ3n) is 5.84. The molecule has 1 aromatic heterocycles. The molecule has 0 radical (unpaired) electrons. The summed E-state index contributed by atoms with van der Waals surface area (Å²) in [5, 5.41) is 10.6. The van der Waals surface area contributed by atoms with Crippen LogP contribution in [0.1, 0.15) is 42.5 Å². The number of thiazole rings is 1. The van der Waals surface area contributed by atoms with Gasteiger partial charge in [-0.15, -0.1) is 11.3 Å². The molecule has 6 heteroatoms. The molecule has 2 fully saturated rings. The van der Waals surface area contributed by atoms with Gasteiger partial charge in [-0.25, -0.2) is 4.98 Å². The Labute approximate surface area is 158 Å². The highest BCUT2D eigenvalue weighted by molar-refractivity contribution is 7.16. The minimum absolute atomic E-state index is 0.101. The molecule has 3 heterocycles. The maximum Gasteiger partial charge on any atom is 0.253 e. The summed E-state index contributed by atoms with van der Waals surface area (Å²) in [7, 11) is 0. The van der Waals surface area contributed by atoms with Crippen LogP contribution in [0.5, 0.6) is 0 Å². The number of aromatic nitrogens is 1. The Kier molecular flexibility index (Phi) is 5.52.